The van der Waals surface area contributed by atoms with Gasteiger partial charge in [-0.25, -0.2) is 4.90 Å². The lowest BCUT2D eigenvalue weighted by molar-refractivity contribution is -0.113. The van der Waals surface area contributed by atoms with Crippen LogP contribution in [0.15, 0.2) is 36.2 Å². The average Bonchev–Trinajstić information content (AvgIpc) is 2.98. The number of nitrogens with one attached hydrogen (secondary N) is 1. The first-order valence-electron chi connectivity index (χ1n) is 7.51. The Labute approximate surface area is 146 Å². The van der Waals surface area contributed by atoms with Crippen molar-refractivity contribution in [2.75, 3.05) is 23.9 Å². The van der Waals surface area contributed by atoms with Crippen LogP contribution in [0.2, 0.25) is 0 Å². The zero-order chi connectivity index (χ0) is 17.4. The lowest BCUT2D eigenvalue weighted by atomic mass is 10.1. The fraction of sp³-hybridized carbons (Fsp3) is 0.235. The third-order valence-electron chi connectivity index (χ3n) is 3.83. The Morgan fingerprint density at radius 3 is 2.46 bits per heavy atom. The summed E-state index contributed by atoms with van der Waals surface area (Å²) in [7, 11) is 5.79. The van der Waals surface area contributed by atoms with Gasteiger partial charge >= 0.3 is 0 Å². The molecule has 0 saturated carbocycles. The SMILES string of the molecule is Cc1nn(C)cc1N1C(=O)/C(=C\c2ccc(N(C)C)cc2)NC1=S. The maximum absolute atomic E-state index is 12.7. The van der Waals surface area contributed by atoms with Gasteiger partial charge in [-0.05, 0) is 42.9 Å². The molecule has 1 N–H and O–H groups in total. The summed E-state index contributed by atoms with van der Waals surface area (Å²) in [4.78, 5) is 16.2. The summed E-state index contributed by atoms with van der Waals surface area (Å²) in [6.45, 7) is 1.85. The van der Waals surface area contributed by atoms with Crippen molar-refractivity contribution in [2.45, 2.75) is 6.92 Å². The zero-order valence-corrected chi connectivity index (χ0v) is 14.9. The Morgan fingerprint density at radius 2 is 1.92 bits per heavy atom. The predicted molar refractivity (Wildman–Crippen MR) is 99.9 cm³/mol. The van der Waals surface area contributed by atoms with E-state index in [1.165, 1.54) is 4.90 Å². The van der Waals surface area contributed by atoms with E-state index >= 15 is 0 Å². The minimum atomic E-state index is -0.173. The van der Waals surface area contributed by atoms with Crippen molar-refractivity contribution < 1.29 is 4.79 Å². The van der Waals surface area contributed by atoms with Crippen LogP contribution in [0, 0.1) is 6.92 Å². The smallest absolute Gasteiger partial charge is 0.281 e. The number of hydrogen-bond acceptors (Lipinski definition) is 4. The number of hydrogen-bond donors (Lipinski definition) is 1. The molecule has 0 unspecified atom stereocenters. The van der Waals surface area contributed by atoms with Crippen LogP contribution in [0.25, 0.3) is 6.08 Å². The second-order valence-electron chi connectivity index (χ2n) is 5.89. The highest BCUT2D eigenvalue weighted by molar-refractivity contribution is 7.80. The Morgan fingerprint density at radius 1 is 1.25 bits per heavy atom. The van der Waals surface area contributed by atoms with Crippen LogP contribution in [-0.4, -0.2) is 34.9 Å². The van der Waals surface area contributed by atoms with Gasteiger partial charge in [-0.15, -0.1) is 0 Å². The normalized spacial score (nSPS) is 16.0. The number of carbonyl (C=O) groups is 1. The number of aryl methyl sites for hydroxylation is 2. The van der Waals surface area contributed by atoms with Gasteiger partial charge in [0.15, 0.2) is 5.11 Å². The molecular weight excluding hydrogens is 322 g/mol. The molecule has 0 bridgehead atoms. The van der Waals surface area contributed by atoms with Crippen molar-refractivity contribution >= 4 is 40.7 Å². The molecule has 0 aliphatic carbocycles. The molecule has 1 aliphatic heterocycles. The molecule has 0 atom stereocenters. The van der Waals surface area contributed by atoms with Gasteiger partial charge in [0.05, 0.1) is 11.4 Å². The molecule has 1 aromatic carbocycles. The molecule has 1 saturated heterocycles. The van der Waals surface area contributed by atoms with Gasteiger partial charge in [-0.1, -0.05) is 12.1 Å². The number of rotatable bonds is 3. The van der Waals surface area contributed by atoms with E-state index in [1.807, 2.05) is 57.2 Å². The van der Waals surface area contributed by atoms with E-state index in [0.29, 0.717) is 16.5 Å². The van der Waals surface area contributed by atoms with Crippen molar-refractivity contribution in [3.05, 3.63) is 47.4 Å². The molecule has 0 spiro atoms. The van der Waals surface area contributed by atoms with Gasteiger partial charge in [0, 0.05) is 33.0 Å². The molecule has 124 valence electrons. The van der Waals surface area contributed by atoms with Gasteiger partial charge < -0.3 is 10.2 Å². The number of carbonyl (C=O) groups excluding carboxylic acids is 1. The maximum atomic E-state index is 12.7. The van der Waals surface area contributed by atoms with Crippen LogP contribution in [0.5, 0.6) is 0 Å². The molecule has 3 rings (SSSR count). The second-order valence-corrected chi connectivity index (χ2v) is 6.27. The van der Waals surface area contributed by atoms with E-state index in [4.69, 9.17) is 12.2 Å². The quantitative estimate of drug-likeness (QED) is 0.684. The van der Waals surface area contributed by atoms with E-state index in [9.17, 15) is 4.79 Å². The van der Waals surface area contributed by atoms with Crippen LogP contribution in [0.3, 0.4) is 0 Å². The molecule has 1 fully saturated rings. The Kier molecular flexibility index (Phi) is 4.11. The molecule has 7 heteroatoms. The molecule has 1 aliphatic rings. The fourth-order valence-corrected chi connectivity index (χ4v) is 2.89. The van der Waals surface area contributed by atoms with Crippen LogP contribution >= 0.6 is 12.2 Å². The topological polar surface area (TPSA) is 53.4 Å². The van der Waals surface area contributed by atoms with Gasteiger partial charge in [-0.2, -0.15) is 5.10 Å². The summed E-state index contributed by atoms with van der Waals surface area (Å²) in [6, 6.07) is 7.96. The zero-order valence-electron chi connectivity index (χ0n) is 14.1. The number of anilines is 2. The van der Waals surface area contributed by atoms with Gasteiger partial charge in [0.25, 0.3) is 5.91 Å². The molecular formula is C17H19N5OS. The highest BCUT2D eigenvalue weighted by Crippen LogP contribution is 2.25. The molecule has 0 radical (unpaired) electrons. The standard InChI is InChI=1S/C17H19N5OS/c1-11-15(10-21(4)19-11)22-16(23)14(18-17(22)24)9-12-5-7-13(8-6-12)20(2)3/h5-10H,1-4H3,(H,18,24)/b14-9+. The highest BCUT2D eigenvalue weighted by Gasteiger charge is 2.33. The maximum Gasteiger partial charge on any atom is 0.281 e. The summed E-state index contributed by atoms with van der Waals surface area (Å²) >= 11 is 5.33. The van der Waals surface area contributed by atoms with Gasteiger partial charge in [-0.3, -0.25) is 9.48 Å². The van der Waals surface area contributed by atoms with E-state index in [-0.39, 0.29) is 5.91 Å². The van der Waals surface area contributed by atoms with Gasteiger partial charge in [0.1, 0.15) is 5.70 Å². The fourth-order valence-electron chi connectivity index (χ4n) is 2.60. The molecule has 6 nitrogen and oxygen atoms in total. The average molecular weight is 341 g/mol. The molecule has 2 heterocycles. The third-order valence-corrected chi connectivity index (χ3v) is 4.11. The predicted octanol–water partition coefficient (Wildman–Crippen LogP) is 2.06. The first-order chi connectivity index (χ1) is 11.4. The summed E-state index contributed by atoms with van der Waals surface area (Å²) in [5.74, 6) is -0.173. The van der Waals surface area contributed by atoms with Crippen molar-refractivity contribution in [3.63, 3.8) is 0 Å². The van der Waals surface area contributed by atoms with Crippen LogP contribution in [0.1, 0.15) is 11.3 Å². The first-order valence-corrected chi connectivity index (χ1v) is 7.92. The molecule has 24 heavy (non-hydrogen) atoms. The van der Waals surface area contributed by atoms with Crippen LogP contribution in [-0.2, 0) is 11.8 Å². The van der Waals surface area contributed by atoms with E-state index in [1.54, 1.807) is 17.0 Å². The summed E-state index contributed by atoms with van der Waals surface area (Å²) in [5, 5.41) is 7.63. The molecule has 1 amide bonds. The third kappa shape index (κ3) is 2.90. The number of benzene rings is 1. The number of nitrogens with zero attached hydrogens (tertiary/aromatic N) is 4. The van der Waals surface area contributed by atoms with E-state index in [0.717, 1.165) is 16.9 Å². The summed E-state index contributed by atoms with van der Waals surface area (Å²) in [6.07, 6.45) is 3.59. The summed E-state index contributed by atoms with van der Waals surface area (Å²) < 4.78 is 1.67. The van der Waals surface area contributed by atoms with Gasteiger partial charge in [0.2, 0.25) is 0 Å². The Balaban J connectivity index is 1.89. The van der Waals surface area contributed by atoms with Crippen LogP contribution in [0.4, 0.5) is 11.4 Å². The number of aromatic nitrogens is 2. The largest absolute Gasteiger partial charge is 0.378 e. The lowest BCUT2D eigenvalue weighted by Crippen LogP contribution is -2.30. The number of amides is 1. The highest BCUT2D eigenvalue weighted by atomic mass is 32.1. The molecule has 1 aromatic heterocycles. The Bertz CT molecular complexity index is 835. The Hall–Kier alpha value is -2.67. The van der Waals surface area contributed by atoms with Crippen molar-refractivity contribution in [3.8, 4) is 0 Å². The minimum absolute atomic E-state index is 0.173. The summed E-state index contributed by atoms with van der Waals surface area (Å²) in [5.41, 5.74) is 3.95. The van der Waals surface area contributed by atoms with Crippen LogP contribution < -0.4 is 15.1 Å². The van der Waals surface area contributed by atoms with E-state index < -0.39 is 0 Å². The van der Waals surface area contributed by atoms with E-state index in [2.05, 4.69) is 10.4 Å². The second kappa shape index (κ2) is 6.09. The molecule has 2 aromatic rings. The van der Waals surface area contributed by atoms with Crippen molar-refractivity contribution in [1.29, 1.82) is 0 Å². The van der Waals surface area contributed by atoms with Crippen molar-refractivity contribution in [1.82, 2.24) is 15.1 Å². The minimum Gasteiger partial charge on any atom is -0.378 e. The monoisotopic (exact) mass is 341 g/mol. The lowest BCUT2D eigenvalue weighted by Gasteiger charge is -2.12. The van der Waals surface area contributed by atoms with Crippen molar-refractivity contribution in [2.24, 2.45) is 7.05 Å². The number of thiocarbonyl (C=S) groups is 1. The first kappa shape index (κ1) is 16.2.